The number of aliphatic hydroxyl groups is 1. The molecule has 0 aromatic rings. The standard InChI is InChI=1S/C28H57OSi/c1-2-3-4-5-6-7-8-9-10-11-12-13-14-15-16-17-19-22-25-28(29)26-23-20-18-21-24-27-30/h28-29H,2-27H2,1H3. The molecule has 1 atom stereocenters. The van der Waals surface area contributed by atoms with Crippen molar-refractivity contribution in [3.63, 3.8) is 0 Å². The van der Waals surface area contributed by atoms with Gasteiger partial charge in [-0.25, -0.2) is 0 Å². The summed E-state index contributed by atoms with van der Waals surface area (Å²) < 4.78 is 0. The molecular weight excluding hydrogens is 380 g/mol. The largest absolute Gasteiger partial charge is 0.393 e. The van der Waals surface area contributed by atoms with Gasteiger partial charge in [-0.15, -0.1) is 0 Å². The van der Waals surface area contributed by atoms with Gasteiger partial charge in [-0.3, -0.25) is 0 Å². The molecule has 1 unspecified atom stereocenters. The van der Waals surface area contributed by atoms with E-state index in [4.69, 9.17) is 0 Å². The van der Waals surface area contributed by atoms with Crippen LogP contribution in [-0.4, -0.2) is 21.5 Å². The Balaban J connectivity index is 3.09. The van der Waals surface area contributed by atoms with Gasteiger partial charge in [0.05, 0.1) is 6.10 Å². The van der Waals surface area contributed by atoms with Crippen LogP contribution in [0.1, 0.15) is 167 Å². The number of aliphatic hydroxyl groups excluding tert-OH is 1. The minimum atomic E-state index is -0.0399. The molecule has 0 aromatic heterocycles. The van der Waals surface area contributed by atoms with Gasteiger partial charge in [0.1, 0.15) is 0 Å². The zero-order valence-electron chi connectivity index (χ0n) is 20.9. The maximum Gasteiger partial charge on any atom is 0.0540 e. The van der Waals surface area contributed by atoms with E-state index in [1.165, 1.54) is 148 Å². The summed E-state index contributed by atoms with van der Waals surface area (Å²) in [7, 11) is 3.53. The Morgan fingerprint density at radius 2 is 0.700 bits per heavy atom. The quantitative estimate of drug-likeness (QED) is 0.105. The predicted octanol–water partition coefficient (Wildman–Crippen LogP) is 9.71. The molecule has 0 spiro atoms. The molecular formula is C28H57OSi. The molecule has 0 heterocycles. The Labute approximate surface area is 195 Å². The van der Waals surface area contributed by atoms with E-state index in [1.807, 2.05) is 0 Å². The Hall–Kier alpha value is 0.177. The minimum absolute atomic E-state index is 0.0399. The molecule has 30 heavy (non-hydrogen) atoms. The maximum absolute atomic E-state index is 10.1. The number of hydrogen-bond acceptors (Lipinski definition) is 1. The van der Waals surface area contributed by atoms with Gasteiger partial charge in [-0.05, 0) is 12.8 Å². The molecule has 0 aliphatic heterocycles. The summed E-state index contributed by atoms with van der Waals surface area (Å²) in [6, 6.07) is 1.13. The van der Waals surface area contributed by atoms with Gasteiger partial charge in [-0.2, -0.15) is 0 Å². The van der Waals surface area contributed by atoms with E-state index < -0.39 is 0 Å². The van der Waals surface area contributed by atoms with Crippen LogP contribution in [0.25, 0.3) is 0 Å². The number of rotatable bonds is 26. The molecule has 3 radical (unpaired) electrons. The van der Waals surface area contributed by atoms with Crippen LogP contribution in [0.3, 0.4) is 0 Å². The fourth-order valence-corrected chi connectivity index (χ4v) is 4.71. The average Bonchev–Trinajstić information content (AvgIpc) is 2.75. The topological polar surface area (TPSA) is 20.2 Å². The lowest BCUT2D eigenvalue weighted by atomic mass is 10.0. The highest BCUT2D eigenvalue weighted by Gasteiger charge is 2.03. The molecule has 0 saturated heterocycles. The predicted molar refractivity (Wildman–Crippen MR) is 138 cm³/mol. The maximum atomic E-state index is 10.1. The van der Waals surface area contributed by atoms with Crippen LogP contribution >= 0.6 is 0 Å². The SMILES string of the molecule is CCCCCCCCCCCCCCCCCCCCC(O)CCCCCCC[Si]. The lowest BCUT2D eigenvalue weighted by Crippen LogP contribution is -2.05. The molecule has 179 valence electrons. The molecule has 0 rings (SSSR count). The van der Waals surface area contributed by atoms with Crippen LogP contribution in [-0.2, 0) is 0 Å². The summed E-state index contributed by atoms with van der Waals surface area (Å²) in [5.41, 5.74) is 0. The Morgan fingerprint density at radius 1 is 0.433 bits per heavy atom. The van der Waals surface area contributed by atoms with E-state index in [0.29, 0.717) is 0 Å². The number of hydrogen-bond donors (Lipinski definition) is 1. The fraction of sp³-hybridized carbons (Fsp3) is 1.00. The van der Waals surface area contributed by atoms with Crippen molar-refractivity contribution >= 4 is 10.2 Å². The van der Waals surface area contributed by atoms with Gasteiger partial charge in [0.15, 0.2) is 0 Å². The van der Waals surface area contributed by atoms with E-state index in [0.717, 1.165) is 18.9 Å². The van der Waals surface area contributed by atoms with Gasteiger partial charge < -0.3 is 5.11 Å². The molecule has 1 N–H and O–H groups in total. The van der Waals surface area contributed by atoms with Crippen LogP contribution < -0.4 is 0 Å². The van der Waals surface area contributed by atoms with Crippen molar-refractivity contribution in [1.29, 1.82) is 0 Å². The van der Waals surface area contributed by atoms with Crippen LogP contribution in [0, 0.1) is 0 Å². The van der Waals surface area contributed by atoms with Crippen molar-refractivity contribution in [3.05, 3.63) is 0 Å². The van der Waals surface area contributed by atoms with Crippen LogP contribution in [0.4, 0.5) is 0 Å². The third-order valence-electron chi connectivity index (χ3n) is 6.61. The van der Waals surface area contributed by atoms with E-state index in [9.17, 15) is 5.11 Å². The van der Waals surface area contributed by atoms with Crippen molar-refractivity contribution in [2.75, 3.05) is 0 Å². The van der Waals surface area contributed by atoms with Crippen molar-refractivity contribution in [2.45, 2.75) is 180 Å². The molecule has 0 aromatic carbocycles. The first-order valence-corrected chi connectivity index (χ1v) is 14.8. The monoisotopic (exact) mass is 437 g/mol. The fourth-order valence-electron chi connectivity index (χ4n) is 4.46. The van der Waals surface area contributed by atoms with Crippen molar-refractivity contribution in [3.8, 4) is 0 Å². The summed E-state index contributed by atoms with van der Waals surface area (Å²) >= 11 is 0. The molecule has 0 aliphatic carbocycles. The third kappa shape index (κ3) is 26.2. The second kappa shape index (κ2) is 27.2. The lowest BCUT2D eigenvalue weighted by Gasteiger charge is -2.10. The van der Waals surface area contributed by atoms with Gasteiger partial charge in [0, 0.05) is 10.2 Å². The van der Waals surface area contributed by atoms with Crippen LogP contribution in [0.2, 0.25) is 6.04 Å². The van der Waals surface area contributed by atoms with Crippen molar-refractivity contribution in [2.24, 2.45) is 0 Å². The zero-order valence-corrected chi connectivity index (χ0v) is 21.9. The molecule has 2 heteroatoms. The summed E-state index contributed by atoms with van der Waals surface area (Å²) in [4.78, 5) is 0. The lowest BCUT2D eigenvalue weighted by molar-refractivity contribution is 0.147. The number of unbranched alkanes of at least 4 members (excludes halogenated alkanes) is 21. The second-order valence-corrected chi connectivity index (χ2v) is 10.3. The Bertz CT molecular complexity index is 294. The van der Waals surface area contributed by atoms with Gasteiger partial charge >= 0.3 is 0 Å². The van der Waals surface area contributed by atoms with E-state index in [1.54, 1.807) is 0 Å². The van der Waals surface area contributed by atoms with Gasteiger partial charge in [0.2, 0.25) is 0 Å². The molecule has 0 saturated carbocycles. The Kier molecular flexibility index (Phi) is 27.4. The minimum Gasteiger partial charge on any atom is -0.393 e. The highest BCUT2D eigenvalue weighted by atomic mass is 28.1. The molecule has 1 nitrogen and oxygen atoms in total. The summed E-state index contributed by atoms with van der Waals surface area (Å²) in [6.07, 6.45) is 34.1. The zero-order chi connectivity index (χ0) is 22.0. The van der Waals surface area contributed by atoms with Crippen molar-refractivity contribution in [1.82, 2.24) is 0 Å². The van der Waals surface area contributed by atoms with Crippen molar-refractivity contribution < 1.29 is 5.11 Å². The summed E-state index contributed by atoms with van der Waals surface area (Å²) in [5, 5.41) is 10.1. The van der Waals surface area contributed by atoms with Crippen LogP contribution in [0.15, 0.2) is 0 Å². The summed E-state index contributed by atoms with van der Waals surface area (Å²) in [5.74, 6) is 0. The second-order valence-electron chi connectivity index (χ2n) is 9.76. The molecule has 0 amide bonds. The highest BCUT2D eigenvalue weighted by molar-refractivity contribution is 6.08. The summed E-state index contributed by atoms with van der Waals surface area (Å²) in [6.45, 7) is 2.30. The Morgan fingerprint density at radius 3 is 1.00 bits per heavy atom. The van der Waals surface area contributed by atoms with E-state index in [-0.39, 0.29) is 6.10 Å². The smallest absolute Gasteiger partial charge is 0.0540 e. The first kappa shape index (κ1) is 30.2. The average molecular weight is 438 g/mol. The molecule has 0 bridgehead atoms. The highest BCUT2D eigenvalue weighted by Crippen LogP contribution is 2.16. The molecule has 0 aliphatic rings. The first-order valence-electron chi connectivity index (χ1n) is 14.1. The van der Waals surface area contributed by atoms with E-state index in [2.05, 4.69) is 17.2 Å². The van der Waals surface area contributed by atoms with Gasteiger partial charge in [-0.1, -0.05) is 161 Å². The first-order chi connectivity index (χ1) is 14.8. The molecule has 0 fully saturated rings. The van der Waals surface area contributed by atoms with Gasteiger partial charge in [0.25, 0.3) is 0 Å². The van der Waals surface area contributed by atoms with Crippen LogP contribution in [0.5, 0.6) is 0 Å². The van der Waals surface area contributed by atoms with E-state index >= 15 is 0 Å². The third-order valence-corrected chi connectivity index (χ3v) is 6.96. The normalized spacial score (nSPS) is 12.5.